The fourth-order valence-corrected chi connectivity index (χ4v) is 3.78. The number of aliphatic imine (C=N–C) groups is 1. The van der Waals surface area contributed by atoms with E-state index < -0.39 is 11.9 Å². The van der Waals surface area contributed by atoms with Crippen LogP contribution < -0.4 is 16.8 Å². The number of allylic oxidation sites excluding steroid dienone is 5. The van der Waals surface area contributed by atoms with Crippen LogP contribution in [-0.2, 0) is 0 Å². The third-order valence-corrected chi connectivity index (χ3v) is 5.48. The number of nitrogens with zero attached hydrogens (tertiary/aromatic N) is 4. The summed E-state index contributed by atoms with van der Waals surface area (Å²) in [6, 6.07) is 4.91. The average Bonchev–Trinajstić information content (AvgIpc) is 3.32. The lowest BCUT2D eigenvalue weighted by atomic mass is 10.0. The number of hydrogen-bond donors (Lipinski definition) is 3. The van der Waals surface area contributed by atoms with Gasteiger partial charge >= 0.3 is 6.18 Å². The van der Waals surface area contributed by atoms with Crippen LogP contribution in [0.2, 0.25) is 0 Å². The normalized spacial score (nSPS) is 15.5. The Morgan fingerprint density at radius 1 is 1.29 bits per heavy atom. The maximum absolute atomic E-state index is 14.1. The maximum Gasteiger partial charge on any atom is 0.434 e. The number of nitrogens with two attached hydrogens (primary N) is 2. The van der Waals surface area contributed by atoms with Crippen molar-refractivity contribution in [1.29, 1.82) is 0 Å². The number of aryl methyl sites for hydroxylation is 1. The highest BCUT2D eigenvalue weighted by atomic mass is 35.5. The molecule has 0 spiro atoms. The van der Waals surface area contributed by atoms with Crippen molar-refractivity contribution in [2.75, 3.05) is 6.54 Å². The summed E-state index contributed by atoms with van der Waals surface area (Å²) in [7, 11) is 0. The van der Waals surface area contributed by atoms with Crippen molar-refractivity contribution >= 4 is 34.8 Å². The van der Waals surface area contributed by atoms with E-state index in [2.05, 4.69) is 27.1 Å². The summed E-state index contributed by atoms with van der Waals surface area (Å²) in [4.78, 5) is 5.37. The molecule has 184 valence electrons. The van der Waals surface area contributed by atoms with E-state index >= 15 is 0 Å². The molecule has 0 radical (unpaired) electrons. The maximum atomic E-state index is 14.1. The topological polar surface area (TPSA) is 107 Å². The first-order valence-corrected chi connectivity index (χ1v) is 11.0. The summed E-state index contributed by atoms with van der Waals surface area (Å²) in [5.41, 5.74) is 12.2. The summed E-state index contributed by atoms with van der Waals surface area (Å²) < 4.78 is 42.4. The lowest BCUT2D eigenvalue weighted by molar-refractivity contribution is -0.0581. The van der Waals surface area contributed by atoms with Gasteiger partial charge < -0.3 is 16.8 Å². The van der Waals surface area contributed by atoms with Gasteiger partial charge in [-0.05, 0) is 37.5 Å². The first-order chi connectivity index (χ1) is 16.7. The van der Waals surface area contributed by atoms with Crippen molar-refractivity contribution in [3.05, 3.63) is 88.7 Å². The number of nitrogens with one attached hydrogen (secondary N) is 1. The van der Waals surface area contributed by atoms with Crippen molar-refractivity contribution in [1.82, 2.24) is 20.3 Å². The Bertz CT molecular complexity index is 1240. The molecule has 35 heavy (non-hydrogen) atoms. The van der Waals surface area contributed by atoms with Gasteiger partial charge in [0.15, 0.2) is 5.71 Å². The smallest absolute Gasteiger partial charge is 0.404 e. The molecule has 0 fully saturated rings. The molecule has 2 aromatic rings. The van der Waals surface area contributed by atoms with Gasteiger partial charge in [-0.25, -0.2) is 4.99 Å². The summed E-state index contributed by atoms with van der Waals surface area (Å²) in [5, 5.41) is 11.4. The average molecular weight is 504 g/mol. The summed E-state index contributed by atoms with van der Waals surface area (Å²) in [5.74, 6) is 0. The van der Waals surface area contributed by atoms with Crippen LogP contribution in [0.4, 0.5) is 18.9 Å². The third kappa shape index (κ3) is 6.28. The molecule has 0 saturated heterocycles. The second kappa shape index (κ2) is 11.2. The summed E-state index contributed by atoms with van der Waals surface area (Å²) in [6.45, 7) is 5.80. The highest BCUT2D eigenvalue weighted by Crippen LogP contribution is 2.32. The van der Waals surface area contributed by atoms with Crippen LogP contribution in [0.15, 0.2) is 82.5 Å². The number of benzene rings is 1. The molecule has 3 rings (SSSR count). The van der Waals surface area contributed by atoms with E-state index in [4.69, 9.17) is 23.1 Å². The molecule has 0 aliphatic heterocycles. The van der Waals surface area contributed by atoms with Crippen LogP contribution in [0.3, 0.4) is 0 Å². The third-order valence-electron chi connectivity index (χ3n) is 5.15. The minimum Gasteiger partial charge on any atom is -0.404 e. The van der Waals surface area contributed by atoms with Crippen molar-refractivity contribution in [3.8, 4) is 0 Å². The lowest BCUT2D eigenvalue weighted by Crippen LogP contribution is -2.30. The Hall–Kier alpha value is -3.63. The van der Waals surface area contributed by atoms with E-state index in [0.717, 1.165) is 11.8 Å². The molecule has 0 unspecified atom stereocenters. The fourth-order valence-electron chi connectivity index (χ4n) is 3.48. The van der Waals surface area contributed by atoms with Gasteiger partial charge in [0.2, 0.25) is 0 Å². The van der Waals surface area contributed by atoms with Crippen molar-refractivity contribution < 1.29 is 13.2 Å². The number of hydrogen-bond acceptors (Lipinski definition) is 6. The molecule has 1 aromatic heterocycles. The second-order valence-corrected chi connectivity index (χ2v) is 7.98. The molecule has 5 N–H and O–H groups in total. The van der Waals surface area contributed by atoms with E-state index in [1.165, 1.54) is 23.3 Å². The lowest BCUT2D eigenvalue weighted by Gasteiger charge is -2.22. The SMILES string of the molecule is C=C(NC1=CC(Cl)=C(n2nccn2)CC1)C(=CN)C(=Nc1cccc(C)c1/C=C\CN)C(F)(F)F. The standard InChI is InChI=1S/C24H25ClF3N7/c1-15-5-3-7-21(18(15)6-4-10-29)34-23(24(26,27)28)19(14-30)16(2)33-17-8-9-22(20(25)13-17)35-31-11-12-32-35/h3-7,11-14,33H,2,8-10,29-30H2,1H3/b6-4-,19-14?,34-23?. The Kier molecular flexibility index (Phi) is 8.31. The molecule has 1 aliphatic rings. The van der Waals surface area contributed by atoms with Crippen molar-refractivity contribution in [2.24, 2.45) is 16.5 Å². The van der Waals surface area contributed by atoms with E-state index in [1.807, 2.05) is 0 Å². The van der Waals surface area contributed by atoms with Gasteiger partial charge in [0.25, 0.3) is 0 Å². The molecule has 1 heterocycles. The van der Waals surface area contributed by atoms with Gasteiger partial charge in [-0.15, -0.1) is 0 Å². The highest BCUT2D eigenvalue weighted by Gasteiger charge is 2.39. The molecule has 0 atom stereocenters. The molecule has 1 aromatic carbocycles. The fraction of sp³-hybridized carbons (Fsp3) is 0.208. The van der Waals surface area contributed by atoms with Gasteiger partial charge in [0.05, 0.1) is 28.8 Å². The van der Waals surface area contributed by atoms with E-state index in [0.29, 0.717) is 34.8 Å². The van der Waals surface area contributed by atoms with Crippen LogP contribution in [-0.4, -0.2) is 33.4 Å². The van der Waals surface area contributed by atoms with Crippen LogP contribution in [0, 0.1) is 6.92 Å². The molecule has 0 amide bonds. The minimum absolute atomic E-state index is 0.0633. The van der Waals surface area contributed by atoms with E-state index in [9.17, 15) is 13.2 Å². The zero-order valence-corrected chi connectivity index (χ0v) is 19.7. The van der Waals surface area contributed by atoms with Gasteiger partial charge in [0, 0.05) is 35.3 Å². The molecule has 11 heteroatoms. The van der Waals surface area contributed by atoms with Gasteiger partial charge in [0.1, 0.15) is 0 Å². The van der Waals surface area contributed by atoms with Crippen molar-refractivity contribution in [3.63, 3.8) is 0 Å². The molecule has 7 nitrogen and oxygen atoms in total. The largest absolute Gasteiger partial charge is 0.434 e. The van der Waals surface area contributed by atoms with Gasteiger partial charge in [-0.3, -0.25) is 0 Å². The molecule has 1 aliphatic carbocycles. The zero-order valence-electron chi connectivity index (χ0n) is 19.0. The molecular weight excluding hydrogens is 479 g/mol. The number of aromatic nitrogens is 3. The number of halogens is 4. The highest BCUT2D eigenvalue weighted by molar-refractivity contribution is 6.33. The molecule has 0 bridgehead atoms. The minimum atomic E-state index is -4.80. The van der Waals surface area contributed by atoms with Crippen molar-refractivity contribution in [2.45, 2.75) is 25.9 Å². The zero-order chi connectivity index (χ0) is 25.6. The predicted octanol–water partition coefficient (Wildman–Crippen LogP) is 4.92. The Balaban J connectivity index is 1.95. The quantitative estimate of drug-likeness (QED) is 0.350. The van der Waals surface area contributed by atoms with Crippen LogP contribution in [0.25, 0.3) is 11.8 Å². The summed E-state index contributed by atoms with van der Waals surface area (Å²) in [6.07, 6.45) is 4.91. The Labute approximate surface area is 206 Å². The molecule has 0 saturated carbocycles. The monoisotopic (exact) mass is 503 g/mol. The van der Waals surface area contributed by atoms with Gasteiger partial charge in [-0.1, -0.05) is 42.5 Å². The van der Waals surface area contributed by atoms with Crippen LogP contribution in [0.5, 0.6) is 0 Å². The first kappa shape index (κ1) is 26.0. The van der Waals surface area contributed by atoms with Gasteiger partial charge in [-0.2, -0.15) is 28.2 Å². The van der Waals surface area contributed by atoms with Crippen LogP contribution >= 0.6 is 11.6 Å². The predicted molar refractivity (Wildman–Crippen MR) is 133 cm³/mol. The number of rotatable bonds is 8. The Morgan fingerprint density at radius 3 is 2.60 bits per heavy atom. The van der Waals surface area contributed by atoms with E-state index in [1.54, 1.807) is 37.3 Å². The number of alkyl halides is 3. The second-order valence-electron chi connectivity index (χ2n) is 7.57. The first-order valence-electron chi connectivity index (χ1n) is 10.6. The molecular formula is C24H25ClF3N7. The van der Waals surface area contributed by atoms with Crippen LogP contribution in [0.1, 0.15) is 24.0 Å². The Morgan fingerprint density at radius 2 is 2.00 bits per heavy atom. The summed E-state index contributed by atoms with van der Waals surface area (Å²) >= 11 is 6.36. The van der Waals surface area contributed by atoms with E-state index in [-0.39, 0.29) is 23.5 Å².